The Labute approximate surface area is 153 Å². The number of hydrogen-bond donors (Lipinski definition) is 1. The molecule has 1 aliphatic rings. The summed E-state index contributed by atoms with van der Waals surface area (Å²) in [6, 6.07) is 4.48. The van der Waals surface area contributed by atoms with Gasteiger partial charge in [0.25, 0.3) is 0 Å². The summed E-state index contributed by atoms with van der Waals surface area (Å²) >= 11 is 0. The van der Waals surface area contributed by atoms with Crippen molar-refractivity contribution in [2.45, 2.75) is 32.0 Å². The molecule has 5 nitrogen and oxygen atoms in total. The summed E-state index contributed by atoms with van der Waals surface area (Å²) in [5, 5.41) is 2.88. The third kappa shape index (κ3) is 4.53. The first kappa shape index (κ1) is 19.1. The van der Waals surface area contributed by atoms with Gasteiger partial charge in [-0.1, -0.05) is 6.07 Å². The van der Waals surface area contributed by atoms with Crippen LogP contribution < -0.4 is 10.2 Å². The van der Waals surface area contributed by atoms with Crippen LogP contribution in [0.15, 0.2) is 30.6 Å². The highest BCUT2D eigenvalue weighted by molar-refractivity contribution is 5.73. The van der Waals surface area contributed by atoms with Crippen LogP contribution in [0.5, 0.6) is 0 Å². The molecule has 2 heterocycles. The lowest BCUT2D eigenvalue weighted by Crippen LogP contribution is -2.44. The minimum atomic E-state index is -4.74. The number of aromatic nitrogens is 2. The van der Waals surface area contributed by atoms with Crippen molar-refractivity contribution in [3.63, 3.8) is 0 Å². The number of carbonyl (C=O) groups excluding carboxylic acids is 1. The maximum Gasteiger partial charge on any atom is 0.419 e. The Morgan fingerprint density at radius 3 is 2.48 bits per heavy atom. The third-order valence-electron chi connectivity index (χ3n) is 4.45. The van der Waals surface area contributed by atoms with E-state index < -0.39 is 17.6 Å². The van der Waals surface area contributed by atoms with E-state index in [4.69, 9.17) is 0 Å². The Morgan fingerprint density at radius 2 is 1.89 bits per heavy atom. The standard InChI is InChI=1S/C18H18F4N4O/c1-11(27)25-13-4-6-26(7-5-13)17-9-16(23-10-24-17)12-2-3-14(15(19)8-12)18(20,21)22/h2-3,8-10,13H,4-7H2,1H3,(H,25,27). The van der Waals surface area contributed by atoms with E-state index in [0.717, 1.165) is 18.9 Å². The van der Waals surface area contributed by atoms with E-state index in [1.807, 2.05) is 4.90 Å². The molecule has 0 bridgehead atoms. The smallest absolute Gasteiger partial charge is 0.356 e. The van der Waals surface area contributed by atoms with E-state index in [9.17, 15) is 22.4 Å². The molecule has 0 unspecified atom stereocenters. The van der Waals surface area contributed by atoms with E-state index >= 15 is 0 Å². The topological polar surface area (TPSA) is 58.1 Å². The molecule has 1 aromatic heterocycles. The molecule has 1 N–H and O–H groups in total. The van der Waals surface area contributed by atoms with Crippen molar-refractivity contribution in [3.05, 3.63) is 42.0 Å². The summed E-state index contributed by atoms with van der Waals surface area (Å²) in [5.41, 5.74) is -0.713. The quantitative estimate of drug-likeness (QED) is 0.827. The number of anilines is 1. The molecule has 144 valence electrons. The van der Waals surface area contributed by atoms with Crippen LogP contribution >= 0.6 is 0 Å². The zero-order valence-electron chi connectivity index (χ0n) is 14.6. The summed E-state index contributed by atoms with van der Waals surface area (Å²) in [5.74, 6) is -0.792. The molecule has 0 radical (unpaired) electrons. The SMILES string of the molecule is CC(=O)NC1CCN(c2cc(-c3ccc(C(F)(F)F)c(F)c3)ncn2)CC1. The lowest BCUT2D eigenvalue weighted by Gasteiger charge is -2.33. The van der Waals surface area contributed by atoms with Crippen LogP contribution in [0.1, 0.15) is 25.3 Å². The molecule has 3 rings (SSSR count). The van der Waals surface area contributed by atoms with Gasteiger partial charge >= 0.3 is 6.18 Å². The lowest BCUT2D eigenvalue weighted by atomic mass is 10.0. The Hall–Kier alpha value is -2.71. The number of nitrogens with one attached hydrogen (secondary N) is 1. The van der Waals surface area contributed by atoms with Crippen molar-refractivity contribution in [1.29, 1.82) is 0 Å². The van der Waals surface area contributed by atoms with Gasteiger partial charge in [0, 0.05) is 37.7 Å². The van der Waals surface area contributed by atoms with Crippen molar-refractivity contribution in [1.82, 2.24) is 15.3 Å². The van der Waals surface area contributed by atoms with Crippen molar-refractivity contribution in [2.24, 2.45) is 0 Å². The number of alkyl halides is 3. The average molecular weight is 382 g/mol. The number of benzene rings is 1. The lowest BCUT2D eigenvalue weighted by molar-refractivity contribution is -0.140. The van der Waals surface area contributed by atoms with Gasteiger partial charge in [0.15, 0.2) is 0 Å². The van der Waals surface area contributed by atoms with Gasteiger partial charge < -0.3 is 10.2 Å². The molecule has 1 fully saturated rings. The first-order valence-electron chi connectivity index (χ1n) is 8.45. The highest BCUT2D eigenvalue weighted by Gasteiger charge is 2.34. The van der Waals surface area contributed by atoms with Gasteiger partial charge in [0.1, 0.15) is 18.0 Å². The highest BCUT2D eigenvalue weighted by atomic mass is 19.4. The number of rotatable bonds is 3. The first-order valence-corrected chi connectivity index (χ1v) is 8.45. The molecule has 1 saturated heterocycles. The fraction of sp³-hybridized carbons (Fsp3) is 0.389. The number of amides is 1. The van der Waals surface area contributed by atoms with E-state index in [2.05, 4.69) is 15.3 Å². The van der Waals surface area contributed by atoms with Gasteiger partial charge in [0.2, 0.25) is 5.91 Å². The number of piperidine rings is 1. The van der Waals surface area contributed by atoms with E-state index in [1.54, 1.807) is 6.07 Å². The minimum absolute atomic E-state index is 0.0675. The van der Waals surface area contributed by atoms with E-state index in [0.29, 0.717) is 30.7 Å². The Bertz CT molecular complexity index is 832. The van der Waals surface area contributed by atoms with Gasteiger partial charge in [-0.25, -0.2) is 14.4 Å². The molecular weight excluding hydrogens is 364 g/mol. The average Bonchev–Trinajstić information content (AvgIpc) is 2.61. The van der Waals surface area contributed by atoms with Crippen LogP contribution in [-0.2, 0) is 11.0 Å². The first-order chi connectivity index (χ1) is 12.7. The van der Waals surface area contributed by atoms with Gasteiger partial charge in [-0.15, -0.1) is 0 Å². The van der Waals surface area contributed by atoms with Crippen LogP contribution in [0.2, 0.25) is 0 Å². The second-order valence-corrected chi connectivity index (χ2v) is 6.42. The monoisotopic (exact) mass is 382 g/mol. The minimum Gasteiger partial charge on any atom is -0.356 e. The Kier molecular flexibility index (Phi) is 5.29. The summed E-state index contributed by atoms with van der Waals surface area (Å²) in [4.78, 5) is 21.4. The second kappa shape index (κ2) is 7.50. The maximum atomic E-state index is 13.8. The molecule has 27 heavy (non-hydrogen) atoms. The molecule has 1 amide bonds. The van der Waals surface area contributed by atoms with Gasteiger partial charge in [-0.3, -0.25) is 4.79 Å². The largest absolute Gasteiger partial charge is 0.419 e. The summed E-state index contributed by atoms with van der Waals surface area (Å²) in [6.45, 7) is 2.82. The zero-order chi connectivity index (χ0) is 19.6. The molecule has 1 aromatic carbocycles. The van der Waals surface area contributed by atoms with E-state index in [1.165, 1.54) is 19.3 Å². The number of carbonyl (C=O) groups is 1. The molecular formula is C18H18F4N4O. The van der Waals surface area contributed by atoms with Crippen molar-refractivity contribution >= 4 is 11.7 Å². The summed E-state index contributed by atoms with van der Waals surface area (Å²) in [6.07, 6.45) is -1.92. The fourth-order valence-corrected chi connectivity index (χ4v) is 3.12. The second-order valence-electron chi connectivity index (χ2n) is 6.42. The van der Waals surface area contributed by atoms with Crippen LogP contribution in [0, 0.1) is 5.82 Å². The Balaban J connectivity index is 1.77. The van der Waals surface area contributed by atoms with Crippen LogP contribution in [0.4, 0.5) is 23.4 Å². The molecule has 1 aliphatic heterocycles. The molecule has 2 aromatic rings. The molecule has 9 heteroatoms. The van der Waals surface area contributed by atoms with Gasteiger partial charge in [-0.05, 0) is 25.0 Å². The number of nitrogens with zero attached hydrogens (tertiary/aromatic N) is 3. The molecule has 0 aliphatic carbocycles. The third-order valence-corrected chi connectivity index (χ3v) is 4.45. The van der Waals surface area contributed by atoms with Crippen LogP contribution in [-0.4, -0.2) is 35.0 Å². The molecule has 0 spiro atoms. The molecule has 0 atom stereocenters. The maximum absolute atomic E-state index is 13.8. The van der Waals surface area contributed by atoms with Crippen molar-refractivity contribution in [3.8, 4) is 11.3 Å². The summed E-state index contributed by atoms with van der Waals surface area (Å²) < 4.78 is 51.9. The van der Waals surface area contributed by atoms with Crippen LogP contribution in [0.25, 0.3) is 11.3 Å². The van der Waals surface area contributed by atoms with Crippen molar-refractivity contribution in [2.75, 3.05) is 18.0 Å². The van der Waals surface area contributed by atoms with Gasteiger partial charge in [-0.2, -0.15) is 13.2 Å². The van der Waals surface area contributed by atoms with Crippen LogP contribution in [0.3, 0.4) is 0 Å². The normalized spacial score (nSPS) is 15.7. The predicted molar refractivity (Wildman–Crippen MR) is 91.5 cm³/mol. The fourth-order valence-electron chi connectivity index (χ4n) is 3.12. The Morgan fingerprint density at radius 1 is 1.19 bits per heavy atom. The van der Waals surface area contributed by atoms with E-state index in [-0.39, 0.29) is 17.5 Å². The highest BCUT2D eigenvalue weighted by Crippen LogP contribution is 2.33. The number of halogens is 4. The summed E-state index contributed by atoms with van der Waals surface area (Å²) in [7, 11) is 0. The zero-order valence-corrected chi connectivity index (χ0v) is 14.6. The number of hydrogen-bond acceptors (Lipinski definition) is 4. The molecule has 0 saturated carbocycles. The predicted octanol–water partition coefficient (Wildman–Crippen LogP) is 3.41. The van der Waals surface area contributed by atoms with Gasteiger partial charge in [0.05, 0.1) is 11.3 Å². The van der Waals surface area contributed by atoms with Crippen molar-refractivity contribution < 1.29 is 22.4 Å².